The highest BCUT2D eigenvalue weighted by Crippen LogP contribution is 2.24. The van der Waals surface area contributed by atoms with Crippen molar-refractivity contribution < 1.29 is 18.3 Å². The van der Waals surface area contributed by atoms with Gasteiger partial charge in [0, 0.05) is 13.1 Å². The molecule has 0 fully saturated rings. The van der Waals surface area contributed by atoms with E-state index in [2.05, 4.69) is 4.72 Å². The molecule has 0 atom stereocenters. The van der Waals surface area contributed by atoms with Crippen molar-refractivity contribution in [1.82, 2.24) is 4.72 Å². The second kappa shape index (κ2) is 6.53. The molecule has 0 heterocycles. The van der Waals surface area contributed by atoms with E-state index in [1.165, 1.54) is 13.1 Å². The summed E-state index contributed by atoms with van der Waals surface area (Å²) in [6, 6.07) is 6.55. The van der Waals surface area contributed by atoms with Crippen LogP contribution in [0.1, 0.15) is 13.3 Å². The molecule has 0 spiro atoms. The summed E-state index contributed by atoms with van der Waals surface area (Å²) in [5, 5.41) is 8.72. The fraction of sp³-hybridized carbons (Fsp3) is 0.417. The zero-order valence-electron chi connectivity index (χ0n) is 11.0. The number of anilines is 1. The summed E-state index contributed by atoms with van der Waals surface area (Å²) in [6.45, 7) is 2.65. The summed E-state index contributed by atoms with van der Waals surface area (Å²) < 4.78 is 26.1. The summed E-state index contributed by atoms with van der Waals surface area (Å²) in [7, 11) is -2.21. The number of rotatable bonds is 7. The molecule has 0 bridgehead atoms. The average Bonchev–Trinajstić information content (AvgIpc) is 2.39. The minimum Gasteiger partial charge on any atom is -0.481 e. The summed E-state index contributed by atoms with van der Waals surface area (Å²) in [5.74, 6) is -0.910. The van der Waals surface area contributed by atoms with Gasteiger partial charge in [0.05, 0.1) is 12.1 Å². The van der Waals surface area contributed by atoms with E-state index in [0.29, 0.717) is 12.2 Å². The predicted molar refractivity (Wildman–Crippen MR) is 72.8 cm³/mol. The first-order chi connectivity index (χ1) is 8.92. The lowest BCUT2D eigenvalue weighted by Crippen LogP contribution is -2.29. The molecule has 1 rings (SSSR count). The lowest BCUT2D eigenvalue weighted by atomic mass is 10.2. The molecule has 0 aliphatic carbocycles. The number of para-hydroxylation sites is 1. The Labute approximate surface area is 113 Å². The molecule has 19 heavy (non-hydrogen) atoms. The van der Waals surface area contributed by atoms with E-state index in [9.17, 15) is 13.2 Å². The van der Waals surface area contributed by atoms with Gasteiger partial charge in [0.1, 0.15) is 4.90 Å². The number of hydrogen-bond donors (Lipinski definition) is 2. The molecule has 6 nitrogen and oxygen atoms in total. The van der Waals surface area contributed by atoms with E-state index >= 15 is 0 Å². The van der Waals surface area contributed by atoms with Gasteiger partial charge in [-0.1, -0.05) is 12.1 Å². The Bertz CT molecular complexity index is 542. The Morgan fingerprint density at radius 1 is 1.37 bits per heavy atom. The van der Waals surface area contributed by atoms with Gasteiger partial charge in [-0.25, -0.2) is 13.1 Å². The highest BCUT2D eigenvalue weighted by atomic mass is 32.2. The largest absolute Gasteiger partial charge is 0.481 e. The van der Waals surface area contributed by atoms with E-state index < -0.39 is 16.0 Å². The summed E-state index contributed by atoms with van der Waals surface area (Å²) >= 11 is 0. The van der Waals surface area contributed by atoms with E-state index in [1.54, 1.807) is 23.1 Å². The number of benzene rings is 1. The van der Waals surface area contributed by atoms with Crippen molar-refractivity contribution in [2.45, 2.75) is 18.2 Å². The molecule has 1 aromatic rings. The summed E-state index contributed by atoms with van der Waals surface area (Å²) in [4.78, 5) is 12.5. The first-order valence-corrected chi connectivity index (χ1v) is 7.40. The number of carboxylic acids is 1. The summed E-state index contributed by atoms with van der Waals surface area (Å²) in [6.07, 6.45) is -0.0399. The van der Waals surface area contributed by atoms with Gasteiger partial charge in [0.2, 0.25) is 10.0 Å². The lowest BCUT2D eigenvalue weighted by Gasteiger charge is -2.24. The van der Waals surface area contributed by atoms with Crippen LogP contribution in [0.3, 0.4) is 0 Å². The van der Waals surface area contributed by atoms with Gasteiger partial charge in [-0.2, -0.15) is 0 Å². The van der Waals surface area contributed by atoms with Crippen LogP contribution in [-0.4, -0.2) is 39.6 Å². The molecule has 0 saturated heterocycles. The minimum absolute atomic E-state index is 0.0399. The van der Waals surface area contributed by atoms with Crippen LogP contribution in [-0.2, 0) is 14.8 Å². The molecule has 2 N–H and O–H groups in total. The van der Waals surface area contributed by atoms with Crippen LogP contribution in [0.15, 0.2) is 29.2 Å². The van der Waals surface area contributed by atoms with Crippen molar-refractivity contribution in [2.24, 2.45) is 0 Å². The molecule has 0 radical (unpaired) electrons. The molecule has 0 aliphatic rings. The average molecular weight is 286 g/mol. The smallest absolute Gasteiger partial charge is 0.305 e. The van der Waals surface area contributed by atoms with Crippen molar-refractivity contribution in [3.63, 3.8) is 0 Å². The highest BCUT2D eigenvalue weighted by molar-refractivity contribution is 7.89. The number of nitrogens with zero attached hydrogens (tertiary/aromatic N) is 1. The Morgan fingerprint density at radius 3 is 2.53 bits per heavy atom. The van der Waals surface area contributed by atoms with Gasteiger partial charge in [-0.3, -0.25) is 4.79 Å². The van der Waals surface area contributed by atoms with Crippen LogP contribution >= 0.6 is 0 Å². The van der Waals surface area contributed by atoms with Crippen molar-refractivity contribution in [2.75, 3.05) is 25.0 Å². The second-order valence-electron chi connectivity index (χ2n) is 3.90. The predicted octanol–water partition coefficient (Wildman–Crippen LogP) is 0.896. The maximum atomic E-state index is 11.9. The third-order valence-electron chi connectivity index (χ3n) is 2.74. The fourth-order valence-electron chi connectivity index (χ4n) is 1.74. The Hall–Kier alpha value is -1.60. The third kappa shape index (κ3) is 3.93. The number of hydrogen-bond acceptors (Lipinski definition) is 4. The first-order valence-electron chi connectivity index (χ1n) is 5.91. The standard InChI is InChI=1S/C12H18N2O4S/c1-3-14(9-8-12(15)16)10-6-4-5-7-11(10)19(17,18)13-2/h4-7,13H,3,8-9H2,1-2H3,(H,15,16). The first kappa shape index (κ1) is 15.5. The molecular formula is C12H18N2O4S. The number of sulfonamides is 1. The number of carboxylic acid groups (broad SMARTS) is 1. The Kier molecular flexibility index (Phi) is 5.31. The van der Waals surface area contributed by atoms with Gasteiger partial charge in [0.15, 0.2) is 0 Å². The van der Waals surface area contributed by atoms with Crippen LogP contribution in [0.5, 0.6) is 0 Å². The van der Waals surface area contributed by atoms with Gasteiger partial charge < -0.3 is 10.0 Å². The zero-order valence-corrected chi connectivity index (χ0v) is 11.8. The lowest BCUT2D eigenvalue weighted by molar-refractivity contribution is -0.136. The van der Waals surface area contributed by atoms with Gasteiger partial charge >= 0.3 is 5.97 Å². The number of carbonyl (C=O) groups is 1. The van der Waals surface area contributed by atoms with E-state index in [1.807, 2.05) is 6.92 Å². The Balaban J connectivity index is 3.14. The summed E-state index contributed by atoms with van der Waals surface area (Å²) in [5.41, 5.74) is 0.514. The van der Waals surface area contributed by atoms with E-state index in [0.717, 1.165) is 0 Å². The molecule has 0 amide bonds. The SMILES string of the molecule is CCN(CCC(=O)O)c1ccccc1S(=O)(=O)NC. The van der Waals surface area contributed by atoms with Crippen LogP contribution < -0.4 is 9.62 Å². The molecule has 7 heteroatoms. The molecule has 0 aliphatic heterocycles. The maximum absolute atomic E-state index is 11.9. The van der Waals surface area contributed by atoms with Crippen molar-refractivity contribution in [1.29, 1.82) is 0 Å². The molecular weight excluding hydrogens is 268 g/mol. The van der Waals surface area contributed by atoms with E-state index in [-0.39, 0.29) is 17.9 Å². The minimum atomic E-state index is -3.56. The van der Waals surface area contributed by atoms with Gasteiger partial charge in [-0.15, -0.1) is 0 Å². The molecule has 1 aromatic carbocycles. The zero-order chi connectivity index (χ0) is 14.5. The number of aliphatic carboxylic acids is 1. The maximum Gasteiger partial charge on any atom is 0.305 e. The third-order valence-corrected chi connectivity index (χ3v) is 4.20. The van der Waals surface area contributed by atoms with Crippen LogP contribution in [0.25, 0.3) is 0 Å². The van der Waals surface area contributed by atoms with Crippen LogP contribution in [0, 0.1) is 0 Å². The highest BCUT2D eigenvalue weighted by Gasteiger charge is 2.19. The topological polar surface area (TPSA) is 86.7 Å². The second-order valence-corrected chi connectivity index (χ2v) is 5.75. The Morgan fingerprint density at radius 2 is 2.00 bits per heavy atom. The molecule has 0 saturated carbocycles. The van der Waals surface area contributed by atoms with Crippen molar-refractivity contribution in [3.05, 3.63) is 24.3 Å². The monoisotopic (exact) mass is 286 g/mol. The molecule has 0 aromatic heterocycles. The van der Waals surface area contributed by atoms with Crippen molar-refractivity contribution in [3.8, 4) is 0 Å². The van der Waals surface area contributed by atoms with Crippen LogP contribution in [0.2, 0.25) is 0 Å². The number of nitrogens with one attached hydrogen (secondary N) is 1. The molecule has 106 valence electrons. The van der Waals surface area contributed by atoms with Crippen molar-refractivity contribution >= 4 is 21.7 Å². The quantitative estimate of drug-likeness (QED) is 0.777. The van der Waals surface area contributed by atoms with E-state index in [4.69, 9.17) is 5.11 Å². The fourth-order valence-corrected chi connectivity index (χ4v) is 2.69. The normalized spacial score (nSPS) is 11.3. The van der Waals surface area contributed by atoms with Gasteiger partial charge in [0.25, 0.3) is 0 Å². The molecule has 0 unspecified atom stereocenters. The van der Waals surface area contributed by atoms with Gasteiger partial charge in [-0.05, 0) is 26.1 Å². The van der Waals surface area contributed by atoms with Crippen LogP contribution in [0.4, 0.5) is 5.69 Å².